The Bertz CT molecular complexity index is 187. The Balaban J connectivity index is 3.22. The molecular formula is C8H17N3O2S. The average Bonchev–Trinajstić information content (AvgIpc) is 2.13. The molecule has 3 N–H and O–H groups in total. The van der Waals surface area contributed by atoms with E-state index < -0.39 is 0 Å². The highest BCUT2D eigenvalue weighted by molar-refractivity contribution is 7.80. The molecule has 0 atom stereocenters. The molecule has 0 aliphatic rings. The molecule has 0 spiro atoms. The average molecular weight is 219 g/mol. The first-order valence-corrected chi connectivity index (χ1v) is 4.82. The normalized spacial score (nSPS) is 9.29. The fourth-order valence-corrected chi connectivity index (χ4v) is 0.948. The molecule has 1 amide bonds. The van der Waals surface area contributed by atoms with Crippen LogP contribution in [0.25, 0.3) is 0 Å². The molecule has 0 aliphatic heterocycles. The van der Waals surface area contributed by atoms with Gasteiger partial charge in [0, 0.05) is 33.7 Å². The molecular weight excluding hydrogens is 202 g/mol. The maximum atomic E-state index is 10.5. The molecule has 0 saturated heterocycles. The van der Waals surface area contributed by atoms with Crippen LogP contribution in [0.15, 0.2) is 0 Å². The second-order valence-corrected chi connectivity index (χ2v) is 3.07. The first-order valence-electron chi connectivity index (χ1n) is 4.42. The van der Waals surface area contributed by atoms with Gasteiger partial charge in [0.15, 0.2) is 5.11 Å². The summed E-state index contributed by atoms with van der Waals surface area (Å²) in [6.07, 6.45) is 0. The van der Waals surface area contributed by atoms with Crippen LogP contribution in [0.2, 0.25) is 0 Å². The Hall–Kier alpha value is -0.880. The molecule has 0 aromatic rings. The summed E-state index contributed by atoms with van der Waals surface area (Å²) in [6, 6.07) is 0. The lowest BCUT2D eigenvalue weighted by atomic mass is 10.6. The minimum atomic E-state index is -0.0370. The number of nitrogens with one attached hydrogen (secondary N) is 3. The molecule has 0 radical (unpaired) electrons. The zero-order chi connectivity index (χ0) is 10.8. The number of hydrogen-bond acceptors (Lipinski definition) is 3. The van der Waals surface area contributed by atoms with Crippen molar-refractivity contribution in [3.8, 4) is 0 Å². The van der Waals surface area contributed by atoms with E-state index in [4.69, 9.17) is 17.0 Å². The number of ether oxygens (including phenoxy) is 1. The standard InChI is InChI=1S/C8H17N3O2S/c1-7(12)9-3-4-10-8(14)11-5-6-13-2/h3-6H2,1-2H3,(H,9,12)(H2,10,11,14). The van der Waals surface area contributed by atoms with Crippen LogP contribution >= 0.6 is 12.2 Å². The lowest BCUT2D eigenvalue weighted by Crippen LogP contribution is -2.40. The minimum absolute atomic E-state index is 0.0370. The molecule has 0 heterocycles. The van der Waals surface area contributed by atoms with Gasteiger partial charge in [-0.2, -0.15) is 0 Å². The van der Waals surface area contributed by atoms with Crippen molar-refractivity contribution in [1.29, 1.82) is 0 Å². The molecule has 0 bridgehead atoms. The molecule has 82 valence electrons. The van der Waals surface area contributed by atoms with Crippen LogP contribution in [-0.4, -0.2) is 44.4 Å². The molecule has 0 aromatic carbocycles. The summed E-state index contributed by atoms with van der Waals surface area (Å²) in [6.45, 7) is 3.98. The predicted octanol–water partition coefficient (Wildman–Crippen LogP) is -0.767. The highest BCUT2D eigenvalue weighted by Crippen LogP contribution is 1.69. The zero-order valence-corrected chi connectivity index (χ0v) is 9.37. The summed E-state index contributed by atoms with van der Waals surface area (Å²) in [7, 11) is 1.63. The quantitative estimate of drug-likeness (QED) is 0.404. The van der Waals surface area contributed by atoms with Gasteiger partial charge in [0.25, 0.3) is 0 Å². The highest BCUT2D eigenvalue weighted by Gasteiger charge is 1.94. The third kappa shape index (κ3) is 9.21. The van der Waals surface area contributed by atoms with Crippen LogP contribution in [0.3, 0.4) is 0 Å². The minimum Gasteiger partial charge on any atom is -0.383 e. The number of methoxy groups -OCH3 is 1. The lowest BCUT2D eigenvalue weighted by Gasteiger charge is -2.09. The molecule has 0 aliphatic carbocycles. The van der Waals surface area contributed by atoms with Gasteiger partial charge in [-0.15, -0.1) is 0 Å². The number of amides is 1. The fourth-order valence-electron chi connectivity index (χ4n) is 0.744. The van der Waals surface area contributed by atoms with E-state index in [1.807, 2.05) is 0 Å². The monoisotopic (exact) mass is 219 g/mol. The molecule has 0 saturated carbocycles. The molecule has 0 rings (SSSR count). The number of carbonyl (C=O) groups is 1. The van der Waals surface area contributed by atoms with Crippen LogP contribution in [0.4, 0.5) is 0 Å². The Morgan fingerprint density at radius 1 is 1.21 bits per heavy atom. The Labute approximate surface area is 89.6 Å². The van der Waals surface area contributed by atoms with Gasteiger partial charge in [-0.1, -0.05) is 0 Å². The maximum Gasteiger partial charge on any atom is 0.216 e. The van der Waals surface area contributed by atoms with Crippen molar-refractivity contribution >= 4 is 23.2 Å². The molecule has 0 aromatic heterocycles. The fraction of sp³-hybridized carbons (Fsp3) is 0.750. The highest BCUT2D eigenvalue weighted by atomic mass is 32.1. The predicted molar refractivity (Wildman–Crippen MR) is 59.2 cm³/mol. The molecule has 0 unspecified atom stereocenters. The van der Waals surface area contributed by atoms with E-state index in [-0.39, 0.29) is 5.91 Å². The second kappa shape index (κ2) is 8.71. The summed E-state index contributed by atoms with van der Waals surface area (Å²) in [5.74, 6) is -0.0370. The lowest BCUT2D eigenvalue weighted by molar-refractivity contribution is -0.118. The van der Waals surface area contributed by atoms with Crippen LogP contribution in [0.5, 0.6) is 0 Å². The molecule has 5 nitrogen and oxygen atoms in total. The van der Waals surface area contributed by atoms with Crippen molar-refractivity contribution in [3.05, 3.63) is 0 Å². The van der Waals surface area contributed by atoms with Gasteiger partial charge in [-0.05, 0) is 12.2 Å². The summed E-state index contributed by atoms with van der Waals surface area (Å²) in [5, 5.41) is 9.13. The van der Waals surface area contributed by atoms with Gasteiger partial charge >= 0.3 is 0 Å². The number of carbonyl (C=O) groups excluding carboxylic acids is 1. The largest absolute Gasteiger partial charge is 0.383 e. The number of thiocarbonyl (C=S) groups is 1. The van der Waals surface area contributed by atoms with Crippen LogP contribution in [0.1, 0.15) is 6.92 Å². The number of hydrogen-bond donors (Lipinski definition) is 3. The van der Waals surface area contributed by atoms with E-state index in [1.165, 1.54) is 6.92 Å². The Morgan fingerprint density at radius 2 is 1.79 bits per heavy atom. The first-order chi connectivity index (χ1) is 6.66. The third-order valence-corrected chi connectivity index (χ3v) is 1.66. The van der Waals surface area contributed by atoms with Crippen molar-refractivity contribution in [1.82, 2.24) is 16.0 Å². The van der Waals surface area contributed by atoms with Gasteiger partial charge in [0.1, 0.15) is 0 Å². The van der Waals surface area contributed by atoms with Crippen LogP contribution < -0.4 is 16.0 Å². The summed E-state index contributed by atoms with van der Waals surface area (Å²) in [4.78, 5) is 10.5. The smallest absolute Gasteiger partial charge is 0.216 e. The first kappa shape index (κ1) is 13.1. The number of rotatable bonds is 6. The SMILES string of the molecule is COCCNC(=S)NCCNC(C)=O. The molecule has 0 fully saturated rings. The van der Waals surface area contributed by atoms with Gasteiger partial charge in [-0.25, -0.2) is 0 Å². The maximum absolute atomic E-state index is 10.5. The summed E-state index contributed by atoms with van der Waals surface area (Å²) in [5.41, 5.74) is 0. The van der Waals surface area contributed by atoms with E-state index in [2.05, 4.69) is 16.0 Å². The topological polar surface area (TPSA) is 62.4 Å². The van der Waals surface area contributed by atoms with Crippen LogP contribution in [-0.2, 0) is 9.53 Å². The second-order valence-electron chi connectivity index (χ2n) is 2.66. The van der Waals surface area contributed by atoms with Crippen molar-refractivity contribution in [3.63, 3.8) is 0 Å². The summed E-state index contributed by atoms with van der Waals surface area (Å²) >= 11 is 4.96. The van der Waals surface area contributed by atoms with E-state index in [1.54, 1.807) is 7.11 Å². The molecule has 14 heavy (non-hydrogen) atoms. The molecule has 6 heteroatoms. The van der Waals surface area contributed by atoms with Crippen molar-refractivity contribution in [2.75, 3.05) is 33.4 Å². The Kier molecular flexibility index (Phi) is 8.16. The van der Waals surface area contributed by atoms with Crippen molar-refractivity contribution in [2.24, 2.45) is 0 Å². The van der Waals surface area contributed by atoms with Gasteiger partial charge in [0.2, 0.25) is 5.91 Å². The summed E-state index contributed by atoms with van der Waals surface area (Å²) < 4.78 is 4.84. The zero-order valence-electron chi connectivity index (χ0n) is 8.55. The third-order valence-electron chi connectivity index (χ3n) is 1.38. The van der Waals surface area contributed by atoms with E-state index in [0.29, 0.717) is 31.4 Å². The van der Waals surface area contributed by atoms with E-state index in [0.717, 1.165) is 0 Å². The van der Waals surface area contributed by atoms with Crippen molar-refractivity contribution < 1.29 is 9.53 Å². The van der Waals surface area contributed by atoms with E-state index >= 15 is 0 Å². The van der Waals surface area contributed by atoms with Gasteiger partial charge < -0.3 is 20.7 Å². The van der Waals surface area contributed by atoms with Gasteiger partial charge in [-0.3, -0.25) is 4.79 Å². The van der Waals surface area contributed by atoms with E-state index in [9.17, 15) is 4.79 Å². The van der Waals surface area contributed by atoms with Crippen LogP contribution in [0, 0.1) is 0 Å². The Morgan fingerprint density at radius 3 is 2.36 bits per heavy atom. The van der Waals surface area contributed by atoms with Crippen molar-refractivity contribution in [2.45, 2.75) is 6.92 Å². The van der Waals surface area contributed by atoms with Gasteiger partial charge in [0.05, 0.1) is 6.61 Å².